The Hall–Kier alpha value is -2.71. The number of hydrogen-bond acceptors (Lipinski definition) is 5. The zero-order chi connectivity index (χ0) is 23.4. The first-order valence-electron chi connectivity index (χ1n) is 9.93. The lowest BCUT2D eigenvalue weighted by Gasteiger charge is -2.33. The minimum Gasteiger partial charge on any atom is -0.324 e. The molecule has 3 aromatic rings. The predicted octanol–water partition coefficient (Wildman–Crippen LogP) is 5.19. The predicted molar refractivity (Wildman–Crippen MR) is 124 cm³/mol. The Morgan fingerprint density at radius 3 is 2.31 bits per heavy atom. The molecule has 0 saturated carbocycles. The fraction of sp³-hybridized carbons (Fsp3) is 0.227. The molecule has 1 amide bonds. The summed E-state index contributed by atoms with van der Waals surface area (Å²) < 4.78 is 29.2. The number of benzene rings is 2. The van der Waals surface area contributed by atoms with Crippen molar-refractivity contribution in [3.63, 3.8) is 0 Å². The molecule has 0 bridgehead atoms. The number of hydrogen-bond donors (Lipinski definition) is 3. The second-order valence-electron chi connectivity index (χ2n) is 7.18. The van der Waals surface area contributed by atoms with E-state index < -0.39 is 18.7 Å². The quantitative estimate of drug-likeness (QED) is 0.305. The molecule has 0 spiro atoms. The van der Waals surface area contributed by atoms with Crippen molar-refractivity contribution in [1.29, 1.82) is 0 Å². The minimum atomic E-state index is -4.37. The molecule has 3 N–H and O–H groups in total. The van der Waals surface area contributed by atoms with E-state index in [4.69, 9.17) is 0 Å². The van der Waals surface area contributed by atoms with Crippen LogP contribution in [0.25, 0.3) is 16.5 Å². The van der Waals surface area contributed by atoms with E-state index in [2.05, 4.69) is 14.9 Å². The molecule has 1 heterocycles. The van der Waals surface area contributed by atoms with Gasteiger partial charge in [-0.2, -0.15) is 0 Å². The van der Waals surface area contributed by atoms with Crippen molar-refractivity contribution in [2.75, 3.05) is 5.32 Å². The van der Waals surface area contributed by atoms with Crippen LogP contribution in [0, 0.1) is 5.82 Å². The van der Waals surface area contributed by atoms with Crippen molar-refractivity contribution in [2.24, 2.45) is 0 Å². The fourth-order valence-electron chi connectivity index (χ4n) is 3.55. The maximum Gasteiger partial charge on any atom is 0.335 e. The second-order valence-corrected chi connectivity index (χ2v) is 9.88. The van der Waals surface area contributed by atoms with Crippen molar-refractivity contribution < 1.29 is 23.5 Å². The SMILES string of the molecule is CCC(CC)(c1ccc(NC(=O)/C=C/c2nnsc2-c2ccc(F)cc2)cc1)P(=O)(O)O. The van der Waals surface area contributed by atoms with Gasteiger partial charge in [0.15, 0.2) is 0 Å². The summed E-state index contributed by atoms with van der Waals surface area (Å²) in [7, 11) is -4.37. The summed E-state index contributed by atoms with van der Waals surface area (Å²) in [5.41, 5.74) is 2.26. The molecule has 3 rings (SSSR count). The van der Waals surface area contributed by atoms with Gasteiger partial charge in [0.2, 0.25) is 5.91 Å². The van der Waals surface area contributed by atoms with Crippen molar-refractivity contribution >= 4 is 36.8 Å². The summed E-state index contributed by atoms with van der Waals surface area (Å²) in [6.45, 7) is 3.49. The summed E-state index contributed by atoms with van der Waals surface area (Å²) in [5.74, 6) is -0.743. The Balaban J connectivity index is 1.73. The highest BCUT2D eigenvalue weighted by Crippen LogP contribution is 2.60. The molecule has 0 saturated heterocycles. The van der Waals surface area contributed by atoms with Gasteiger partial charge in [-0.15, -0.1) is 5.10 Å². The number of nitrogens with zero attached hydrogens (tertiary/aromatic N) is 2. The summed E-state index contributed by atoms with van der Waals surface area (Å²) in [6.07, 6.45) is 3.43. The van der Waals surface area contributed by atoms with Crippen LogP contribution in [0.3, 0.4) is 0 Å². The van der Waals surface area contributed by atoms with Gasteiger partial charge >= 0.3 is 7.60 Å². The average Bonchev–Trinajstić information content (AvgIpc) is 3.23. The highest BCUT2D eigenvalue weighted by atomic mass is 32.1. The van der Waals surface area contributed by atoms with Crippen molar-refractivity contribution in [2.45, 2.75) is 31.8 Å². The zero-order valence-corrected chi connectivity index (χ0v) is 19.2. The van der Waals surface area contributed by atoms with Crippen molar-refractivity contribution in [3.05, 3.63) is 71.7 Å². The fourth-order valence-corrected chi connectivity index (χ4v) is 5.51. The van der Waals surface area contributed by atoms with E-state index >= 15 is 0 Å². The van der Waals surface area contributed by atoms with Crippen LogP contribution in [0.15, 0.2) is 54.6 Å². The zero-order valence-electron chi connectivity index (χ0n) is 17.5. The van der Waals surface area contributed by atoms with Crippen LogP contribution in [0.4, 0.5) is 10.1 Å². The Bertz CT molecular complexity index is 1150. The Morgan fingerprint density at radius 2 is 1.75 bits per heavy atom. The van der Waals surface area contributed by atoms with E-state index in [9.17, 15) is 23.5 Å². The van der Waals surface area contributed by atoms with Gasteiger partial charge in [-0.25, -0.2) is 4.39 Å². The molecule has 0 atom stereocenters. The minimum absolute atomic E-state index is 0.292. The van der Waals surface area contributed by atoms with Crippen LogP contribution in [0.2, 0.25) is 0 Å². The average molecular weight is 475 g/mol. The third-order valence-electron chi connectivity index (χ3n) is 5.43. The molecule has 1 aromatic heterocycles. The van der Waals surface area contributed by atoms with Crippen molar-refractivity contribution in [3.8, 4) is 10.4 Å². The lowest BCUT2D eigenvalue weighted by molar-refractivity contribution is -0.111. The van der Waals surface area contributed by atoms with Crippen LogP contribution >= 0.6 is 19.1 Å². The first-order valence-corrected chi connectivity index (χ1v) is 12.3. The van der Waals surface area contributed by atoms with Gasteiger partial charge < -0.3 is 15.1 Å². The van der Waals surface area contributed by atoms with E-state index in [-0.39, 0.29) is 5.82 Å². The van der Waals surface area contributed by atoms with E-state index in [1.54, 1.807) is 50.2 Å². The Kier molecular flexibility index (Phi) is 7.36. The number of amides is 1. The number of carbonyl (C=O) groups is 1. The van der Waals surface area contributed by atoms with E-state index in [0.717, 1.165) is 17.1 Å². The van der Waals surface area contributed by atoms with E-state index in [1.807, 2.05) is 0 Å². The van der Waals surface area contributed by atoms with Gasteiger partial charge in [0.25, 0.3) is 0 Å². The molecule has 32 heavy (non-hydrogen) atoms. The standard InChI is InChI=1S/C22H23FN3O4PS/c1-3-22(4-2,31(28,29)30)16-7-11-18(12-8-16)24-20(27)14-13-19-21(32-26-25-19)15-5-9-17(23)10-6-15/h5-14H,3-4H2,1-2H3,(H,24,27)(H2,28,29,30)/b14-13+. The van der Waals surface area contributed by atoms with E-state index in [1.165, 1.54) is 24.3 Å². The molecule has 0 fully saturated rings. The molecule has 0 aliphatic rings. The maximum atomic E-state index is 13.1. The molecule has 10 heteroatoms. The number of halogens is 1. The smallest absolute Gasteiger partial charge is 0.324 e. The highest BCUT2D eigenvalue weighted by Gasteiger charge is 2.45. The third kappa shape index (κ3) is 5.02. The summed E-state index contributed by atoms with van der Waals surface area (Å²) in [5, 5.41) is 5.47. The van der Waals surface area contributed by atoms with Crippen LogP contribution in [-0.4, -0.2) is 25.3 Å². The van der Waals surface area contributed by atoms with E-state index in [0.29, 0.717) is 34.7 Å². The normalized spacial score (nSPS) is 12.3. The number of carbonyl (C=O) groups excluding carboxylic acids is 1. The molecule has 0 radical (unpaired) electrons. The maximum absolute atomic E-state index is 13.1. The summed E-state index contributed by atoms with van der Waals surface area (Å²) in [6, 6.07) is 12.4. The van der Waals surface area contributed by atoms with Crippen LogP contribution < -0.4 is 5.32 Å². The molecule has 168 valence electrons. The monoisotopic (exact) mass is 475 g/mol. The molecule has 7 nitrogen and oxygen atoms in total. The lowest BCUT2D eigenvalue weighted by Crippen LogP contribution is -2.24. The van der Waals surface area contributed by atoms with Crippen LogP contribution in [0.5, 0.6) is 0 Å². The molecule has 0 aliphatic heterocycles. The molecule has 0 aliphatic carbocycles. The first kappa shape index (κ1) is 23.9. The van der Waals surface area contributed by atoms with Gasteiger partial charge in [0.1, 0.15) is 11.5 Å². The molecule has 0 unspecified atom stereocenters. The third-order valence-corrected chi connectivity index (χ3v) is 8.23. The van der Waals surface area contributed by atoms with Crippen LogP contribution in [0.1, 0.15) is 37.9 Å². The number of rotatable bonds is 8. The number of aromatic nitrogens is 2. The van der Waals surface area contributed by atoms with Crippen LogP contribution in [-0.2, 0) is 14.5 Å². The Labute approximate surface area is 189 Å². The lowest BCUT2D eigenvalue weighted by atomic mass is 9.92. The highest BCUT2D eigenvalue weighted by molar-refractivity contribution is 7.53. The van der Waals surface area contributed by atoms with Crippen molar-refractivity contribution in [1.82, 2.24) is 9.59 Å². The van der Waals surface area contributed by atoms with Gasteiger partial charge in [-0.05, 0) is 65.8 Å². The largest absolute Gasteiger partial charge is 0.335 e. The van der Waals surface area contributed by atoms with Gasteiger partial charge in [-0.1, -0.05) is 42.6 Å². The Morgan fingerprint density at radius 1 is 1.12 bits per heavy atom. The molecular weight excluding hydrogens is 452 g/mol. The summed E-state index contributed by atoms with van der Waals surface area (Å²) in [4.78, 5) is 32.8. The second kappa shape index (κ2) is 9.83. The summed E-state index contributed by atoms with van der Waals surface area (Å²) >= 11 is 1.14. The van der Waals surface area contributed by atoms with Gasteiger partial charge in [-0.3, -0.25) is 9.36 Å². The van der Waals surface area contributed by atoms with Gasteiger partial charge in [0, 0.05) is 11.8 Å². The number of nitrogens with one attached hydrogen (secondary N) is 1. The first-order chi connectivity index (χ1) is 15.2. The molecule has 2 aromatic carbocycles. The molecular formula is C22H23FN3O4PS. The number of anilines is 1. The topological polar surface area (TPSA) is 112 Å². The van der Waals surface area contributed by atoms with Gasteiger partial charge in [0.05, 0.1) is 10.0 Å².